The molecule has 2 heteroatoms. The second kappa shape index (κ2) is 6.66. The van der Waals surface area contributed by atoms with Crippen molar-refractivity contribution in [2.24, 2.45) is 0 Å². The van der Waals surface area contributed by atoms with Crippen molar-refractivity contribution in [2.45, 2.75) is 5.41 Å². The van der Waals surface area contributed by atoms with E-state index in [0.29, 0.717) is 0 Å². The number of rotatable bonds is 2. The Hall–Kier alpha value is -3.67. The third-order valence-electron chi connectivity index (χ3n) is 6.91. The van der Waals surface area contributed by atoms with Crippen LogP contribution in [0.4, 0.5) is 0 Å². The van der Waals surface area contributed by atoms with E-state index in [1.54, 1.807) is 0 Å². The average Bonchev–Trinajstić information content (AvgIpc) is 3.22. The number of aromatic nitrogens is 1. The molecule has 1 unspecified atom stereocenters. The second-order valence-electron chi connectivity index (χ2n) is 8.41. The Kier molecular flexibility index (Phi) is 3.74. The summed E-state index contributed by atoms with van der Waals surface area (Å²) in [4.78, 5) is 4.92. The van der Waals surface area contributed by atoms with Crippen LogP contribution in [-0.4, -0.2) is 4.98 Å². The standard InChI is InChI=1S/C30H20NP/c1-3-11-21(12-4-1)30(22-13-5-2-6-14-22)25-17-7-8-19-27(25)32-28-23(15-9-18-26(28)30)24-16-10-20-31-29(24)32/h1-20H. The fraction of sp³-hybridized carbons (Fsp3) is 0.0333. The van der Waals surface area contributed by atoms with Gasteiger partial charge in [-0.15, -0.1) is 0 Å². The van der Waals surface area contributed by atoms with E-state index in [1.807, 2.05) is 6.20 Å². The van der Waals surface area contributed by atoms with Gasteiger partial charge in [0, 0.05) is 22.0 Å². The quantitative estimate of drug-likeness (QED) is 0.273. The summed E-state index contributed by atoms with van der Waals surface area (Å²) in [6.45, 7) is 0. The number of nitrogens with zero attached hydrogens (tertiary/aromatic N) is 1. The van der Waals surface area contributed by atoms with E-state index in [1.165, 1.54) is 48.7 Å². The number of pyridine rings is 1. The van der Waals surface area contributed by atoms with Gasteiger partial charge in [-0.05, 0) is 33.7 Å². The van der Waals surface area contributed by atoms with Gasteiger partial charge in [0.25, 0.3) is 0 Å². The van der Waals surface area contributed by atoms with Crippen molar-refractivity contribution in [1.82, 2.24) is 4.98 Å². The molecule has 0 spiro atoms. The van der Waals surface area contributed by atoms with E-state index in [4.69, 9.17) is 4.98 Å². The minimum absolute atomic E-state index is 0.356. The van der Waals surface area contributed by atoms with Gasteiger partial charge in [0.05, 0.1) is 10.7 Å². The molecule has 150 valence electrons. The summed E-state index contributed by atoms with van der Waals surface area (Å²) in [5.74, 6) is 0. The molecule has 6 aromatic rings. The Morgan fingerprint density at radius 3 is 1.91 bits per heavy atom. The summed E-state index contributed by atoms with van der Waals surface area (Å²) < 4.78 is 0. The van der Waals surface area contributed by atoms with Crippen molar-refractivity contribution in [2.75, 3.05) is 0 Å². The van der Waals surface area contributed by atoms with E-state index in [9.17, 15) is 0 Å². The monoisotopic (exact) mass is 425 g/mol. The van der Waals surface area contributed by atoms with Gasteiger partial charge in [-0.2, -0.15) is 0 Å². The molecule has 0 fully saturated rings. The van der Waals surface area contributed by atoms with Crippen LogP contribution in [-0.2, 0) is 5.41 Å². The van der Waals surface area contributed by atoms with Crippen LogP contribution in [0, 0.1) is 0 Å². The highest BCUT2D eigenvalue weighted by atomic mass is 31.1. The normalized spacial score (nSPS) is 14.4. The molecule has 2 aromatic heterocycles. The number of fused-ring (bicyclic) bond motifs is 5. The average molecular weight is 425 g/mol. The van der Waals surface area contributed by atoms with Crippen LogP contribution < -0.4 is 0 Å². The Morgan fingerprint density at radius 1 is 0.531 bits per heavy atom. The van der Waals surface area contributed by atoms with E-state index in [0.717, 1.165) is 0 Å². The highest BCUT2D eigenvalue weighted by Crippen LogP contribution is 2.65. The molecule has 0 amide bonds. The maximum absolute atomic E-state index is 4.92. The van der Waals surface area contributed by atoms with Crippen molar-refractivity contribution in [1.29, 1.82) is 0 Å². The van der Waals surface area contributed by atoms with Crippen molar-refractivity contribution in [3.8, 4) is 5.30 Å². The van der Waals surface area contributed by atoms with Crippen LogP contribution >= 0.6 is 7.53 Å². The first-order chi connectivity index (χ1) is 15.9. The lowest BCUT2D eigenvalue weighted by atomic mass is 9.64. The van der Waals surface area contributed by atoms with Crippen LogP contribution in [0.1, 0.15) is 22.3 Å². The zero-order chi connectivity index (χ0) is 21.1. The fourth-order valence-electron chi connectivity index (χ4n) is 5.73. The Labute approximate surface area is 188 Å². The van der Waals surface area contributed by atoms with E-state index in [2.05, 4.69) is 115 Å². The smallest absolute Gasteiger partial charge is 0.0945 e. The first-order valence-corrected chi connectivity index (χ1v) is 12.3. The highest BCUT2D eigenvalue weighted by molar-refractivity contribution is 7.68. The first kappa shape index (κ1) is 18.0. The van der Waals surface area contributed by atoms with Gasteiger partial charge in [0.15, 0.2) is 0 Å². The minimum atomic E-state index is -0.675. The van der Waals surface area contributed by atoms with Crippen LogP contribution in [0.3, 0.4) is 0 Å². The first-order valence-electron chi connectivity index (χ1n) is 11.0. The van der Waals surface area contributed by atoms with Crippen molar-refractivity contribution >= 4 is 28.7 Å². The van der Waals surface area contributed by atoms with E-state index in [-0.39, 0.29) is 5.41 Å². The van der Waals surface area contributed by atoms with Gasteiger partial charge in [-0.1, -0.05) is 117 Å². The van der Waals surface area contributed by atoms with Gasteiger partial charge in [0.2, 0.25) is 0 Å². The van der Waals surface area contributed by atoms with Gasteiger partial charge in [-0.3, -0.25) is 4.98 Å². The summed E-state index contributed by atoms with van der Waals surface area (Å²) in [7, 11) is -0.675. The molecule has 32 heavy (non-hydrogen) atoms. The van der Waals surface area contributed by atoms with Crippen LogP contribution in [0.2, 0.25) is 0 Å². The maximum atomic E-state index is 4.92. The molecule has 7 rings (SSSR count). The molecule has 1 atom stereocenters. The molecule has 0 radical (unpaired) electrons. The lowest BCUT2D eigenvalue weighted by Crippen LogP contribution is -2.32. The SMILES string of the molecule is c1ccc(C2(c3ccccc3)c3ccccc3-p3c4ncccc4c4cccc2c43)cc1. The van der Waals surface area contributed by atoms with Crippen LogP contribution in [0.5, 0.6) is 0 Å². The lowest BCUT2D eigenvalue weighted by Gasteiger charge is -2.41. The van der Waals surface area contributed by atoms with Crippen molar-refractivity contribution in [3.63, 3.8) is 0 Å². The molecule has 0 saturated heterocycles. The molecule has 1 nitrogen and oxygen atoms in total. The van der Waals surface area contributed by atoms with Gasteiger partial charge in [0.1, 0.15) is 0 Å². The second-order valence-corrected chi connectivity index (χ2v) is 10.4. The highest BCUT2D eigenvalue weighted by Gasteiger charge is 2.44. The van der Waals surface area contributed by atoms with Gasteiger partial charge in [-0.25, -0.2) is 0 Å². The molecule has 3 heterocycles. The van der Waals surface area contributed by atoms with Gasteiger partial charge < -0.3 is 0 Å². The lowest BCUT2D eigenvalue weighted by molar-refractivity contribution is 0.756. The van der Waals surface area contributed by atoms with Crippen molar-refractivity contribution in [3.05, 3.63) is 144 Å². The summed E-state index contributed by atoms with van der Waals surface area (Å²) in [5.41, 5.74) is 5.05. The predicted molar refractivity (Wildman–Crippen MR) is 135 cm³/mol. The minimum Gasteiger partial charge on any atom is -0.252 e. The molecular weight excluding hydrogens is 405 g/mol. The molecular formula is C30H20NP. The third kappa shape index (κ3) is 2.17. The molecule has 4 aromatic carbocycles. The van der Waals surface area contributed by atoms with E-state index < -0.39 is 7.53 Å². The summed E-state index contributed by atoms with van der Waals surface area (Å²) >= 11 is 0. The Balaban J connectivity index is 1.79. The number of benzene rings is 4. The zero-order valence-corrected chi connectivity index (χ0v) is 18.3. The van der Waals surface area contributed by atoms with Crippen LogP contribution in [0.25, 0.3) is 26.4 Å². The van der Waals surface area contributed by atoms with Crippen molar-refractivity contribution < 1.29 is 0 Å². The fourth-order valence-corrected chi connectivity index (χ4v) is 8.66. The summed E-state index contributed by atoms with van der Waals surface area (Å²) in [6, 6.07) is 42.3. The molecule has 0 bridgehead atoms. The van der Waals surface area contributed by atoms with E-state index >= 15 is 0 Å². The summed E-state index contributed by atoms with van der Waals surface area (Å²) in [6.07, 6.45) is 1.95. The number of hydrogen-bond acceptors (Lipinski definition) is 1. The molecule has 0 aliphatic carbocycles. The topological polar surface area (TPSA) is 12.9 Å². The zero-order valence-electron chi connectivity index (χ0n) is 17.4. The third-order valence-corrected chi connectivity index (χ3v) is 9.50. The Bertz CT molecular complexity index is 1570. The number of hydrogen-bond donors (Lipinski definition) is 0. The summed E-state index contributed by atoms with van der Waals surface area (Å²) in [5, 5.41) is 6.78. The maximum Gasteiger partial charge on any atom is 0.0945 e. The van der Waals surface area contributed by atoms with Gasteiger partial charge >= 0.3 is 0 Å². The molecule has 1 aliphatic rings. The molecule has 0 N–H and O–H groups in total. The predicted octanol–water partition coefficient (Wildman–Crippen LogP) is 8.06. The van der Waals surface area contributed by atoms with Crippen LogP contribution in [0.15, 0.2) is 121 Å². The molecule has 0 saturated carbocycles. The molecule has 1 aliphatic heterocycles. The largest absolute Gasteiger partial charge is 0.252 e. The Morgan fingerprint density at radius 2 is 1.16 bits per heavy atom.